The third kappa shape index (κ3) is 7.06. The number of fused-ring (bicyclic) bond motifs is 1. The van der Waals surface area contributed by atoms with Crippen LogP contribution in [-0.2, 0) is 13.0 Å². The van der Waals surface area contributed by atoms with Crippen molar-refractivity contribution in [1.29, 1.82) is 0 Å². The average molecular weight is 604 g/mol. The Morgan fingerprint density at radius 3 is 2.24 bits per heavy atom. The van der Waals surface area contributed by atoms with Crippen molar-refractivity contribution in [3.8, 4) is 16.9 Å². The molecule has 5 aromatic rings. The van der Waals surface area contributed by atoms with Gasteiger partial charge in [0.2, 0.25) is 0 Å². The molecule has 2 amide bonds. The van der Waals surface area contributed by atoms with Gasteiger partial charge in [-0.25, -0.2) is 9.78 Å². The number of anilines is 2. The molecule has 2 N–H and O–H groups in total. The number of amides is 2. The van der Waals surface area contributed by atoms with Gasteiger partial charge in [0.1, 0.15) is 17.1 Å². The molecule has 0 saturated carbocycles. The van der Waals surface area contributed by atoms with E-state index in [0.717, 1.165) is 46.2 Å². The molecule has 3 aromatic heterocycles. The SMILES string of the molecule is CCCn1c(=O)c(NC(=O)Nc2c(C(C)C)cccc2C(C)C)c(-c2cccc(OCCc3ccncc3)c2)c2cccnc21. The van der Waals surface area contributed by atoms with Gasteiger partial charge in [-0.3, -0.25) is 14.3 Å². The zero-order valence-corrected chi connectivity index (χ0v) is 26.6. The minimum atomic E-state index is -0.473. The molecule has 0 atom stereocenters. The number of aryl methyl sites for hydroxylation is 1. The van der Waals surface area contributed by atoms with Crippen molar-refractivity contribution >= 4 is 28.4 Å². The van der Waals surface area contributed by atoms with E-state index >= 15 is 0 Å². The summed E-state index contributed by atoms with van der Waals surface area (Å²) in [6.45, 7) is 11.4. The summed E-state index contributed by atoms with van der Waals surface area (Å²) in [7, 11) is 0. The number of aromatic nitrogens is 3. The molecule has 0 aliphatic rings. The quantitative estimate of drug-likeness (QED) is 0.158. The highest BCUT2D eigenvalue weighted by Gasteiger charge is 2.22. The van der Waals surface area contributed by atoms with Crippen molar-refractivity contribution in [2.75, 3.05) is 17.2 Å². The zero-order chi connectivity index (χ0) is 31.9. The average Bonchev–Trinajstić information content (AvgIpc) is 3.03. The summed E-state index contributed by atoms with van der Waals surface area (Å²) in [5, 5.41) is 6.85. The summed E-state index contributed by atoms with van der Waals surface area (Å²) in [5.74, 6) is 1.06. The number of carbonyl (C=O) groups is 1. The number of hydrogen-bond acceptors (Lipinski definition) is 5. The second-order valence-electron chi connectivity index (χ2n) is 11.8. The van der Waals surface area contributed by atoms with Gasteiger partial charge in [-0.05, 0) is 76.9 Å². The van der Waals surface area contributed by atoms with Gasteiger partial charge in [0.05, 0.1) is 6.61 Å². The first-order valence-corrected chi connectivity index (χ1v) is 15.6. The number of benzene rings is 2. The molecule has 0 unspecified atom stereocenters. The molecular weight excluding hydrogens is 562 g/mol. The number of ether oxygens (including phenoxy) is 1. The Balaban J connectivity index is 1.57. The standard InChI is InChI=1S/C37H41N5O3/c1-6-21-42-35-31(14-9-18-39-35)32(27-10-7-11-28(23-27)45-22-17-26-15-19-38-20-16-26)34(36(42)43)41-37(44)40-33-29(24(2)3)12-8-13-30(33)25(4)5/h7-16,18-20,23-25H,6,17,21-22H2,1-5H3,(H2,40,41,44). The molecule has 0 radical (unpaired) electrons. The zero-order valence-electron chi connectivity index (χ0n) is 26.6. The molecule has 0 spiro atoms. The van der Waals surface area contributed by atoms with Crippen LogP contribution in [0.4, 0.5) is 16.2 Å². The van der Waals surface area contributed by atoms with Crippen LogP contribution >= 0.6 is 0 Å². The molecule has 8 heteroatoms. The molecule has 45 heavy (non-hydrogen) atoms. The van der Waals surface area contributed by atoms with E-state index in [-0.39, 0.29) is 23.1 Å². The normalized spacial score (nSPS) is 11.3. The number of urea groups is 1. The molecule has 0 fully saturated rings. The molecule has 0 aliphatic heterocycles. The van der Waals surface area contributed by atoms with Crippen LogP contribution in [-0.4, -0.2) is 27.2 Å². The predicted octanol–water partition coefficient (Wildman–Crippen LogP) is 8.38. The van der Waals surface area contributed by atoms with Crippen molar-refractivity contribution in [3.05, 3.63) is 112 Å². The Hall–Kier alpha value is -4.98. The number of pyridine rings is 3. The molecule has 0 saturated heterocycles. The fourth-order valence-electron chi connectivity index (χ4n) is 5.66. The number of hydrogen-bond donors (Lipinski definition) is 2. The fourth-order valence-corrected chi connectivity index (χ4v) is 5.66. The van der Waals surface area contributed by atoms with E-state index in [2.05, 4.69) is 48.3 Å². The Morgan fingerprint density at radius 1 is 0.867 bits per heavy atom. The highest BCUT2D eigenvalue weighted by molar-refractivity contribution is 6.07. The monoisotopic (exact) mass is 603 g/mol. The predicted molar refractivity (Wildman–Crippen MR) is 182 cm³/mol. The summed E-state index contributed by atoms with van der Waals surface area (Å²) in [6, 6.07) is 21.0. The summed E-state index contributed by atoms with van der Waals surface area (Å²) >= 11 is 0. The largest absolute Gasteiger partial charge is 0.493 e. The van der Waals surface area contributed by atoms with Gasteiger partial charge in [0.15, 0.2) is 0 Å². The van der Waals surface area contributed by atoms with Gasteiger partial charge in [-0.2, -0.15) is 0 Å². The van der Waals surface area contributed by atoms with Crippen molar-refractivity contribution in [3.63, 3.8) is 0 Å². The number of carbonyl (C=O) groups excluding carboxylic acids is 1. The van der Waals surface area contributed by atoms with Gasteiger partial charge in [-0.15, -0.1) is 0 Å². The third-order valence-corrected chi connectivity index (χ3v) is 7.85. The lowest BCUT2D eigenvalue weighted by Crippen LogP contribution is -2.30. The van der Waals surface area contributed by atoms with Crippen LogP contribution in [0.1, 0.15) is 69.6 Å². The molecule has 0 aliphatic carbocycles. The fraction of sp³-hybridized carbons (Fsp3) is 0.297. The summed E-state index contributed by atoms with van der Waals surface area (Å²) in [4.78, 5) is 36.6. The Labute approximate surface area is 264 Å². The second-order valence-corrected chi connectivity index (χ2v) is 11.8. The van der Waals surface area contributed by atoms with Crippen molar-refractivity contribution < 1.29 is 9.53 Å². The summed E-state index contributed by atoms with van der Waals surface area (Å²) in [6.07, 6.45) is 6.69. The van der Waals surface area contributed by atoms with Crippen LogP contribution in [0.5, 0.6) is 5.75 Å². The van der Waals surface area contributed by atoms with Crippen LogP contribution in [0.15, 0.2) is 90.1 Å². The minimum absolute atomic E-state index is 0.198. The Morgan fingerprint density at radius 2 is 1.56 bits per heavy atom. The van der Waals surface area contributed by atoms with Crippen molar-refractivity contribution in [1.82, 2.24) is 14.5 Å². The van der Waals surface area contributed by atoms with Crippen LogP contribution in [0, 0.1) is 0 Å². The van der Waals surface area contributed by atoms with Crippen molar-refractivity contribution in [2.45, 2.75) is 65.8 Å². The first kappa shape index (κ1) is 31.4. The molecule has 5 rings (SSSR count). The van der Waals surface area contributed by atoms with Gasteiger partial charge in [0.25, 0.3) is 5.56 Å². The molecular formula is C37H41N5O3. The molecule has 3 heterocycles. The summed E-state index contributed by atoms with van der Waals surface area (Å²) in [5.41, 5.74) is 5.81. The van der Waals surface area contributed by atoms with Crippen LogP contribution in [0.3, 0.4) is 0 Å². The van der Waals surface area contributed by atoms with E-state index in [1.165, 1.54) is 0 Å². The molecule has 8 nitrogen and oxygen atoms in total. The van der Waals surface area contributed by atoms with Gasteiger partial charge < -0.3 is 15.4 Å². The van der Waals surface area contributed by atoms with Gasteiger partial charge >= 0.3 is 6.03 Å². The topological polar surface area (TPSA) is 98.1 Å². The lowest BCUT2D eigenvalue weighted by molar-refractivity contribution is 0.262. The molecule has 2 aromatic carbocycles. The highest BCUT2D eigenvalue weighted by Crippen LogP contribution is 2.36. The number of rotatable bonds is 11. The first-order chi connectivity index (χ1) is 21.8. The minimum Gasteiger partial charge on any atom is -0.493 e. The van der Waals surface area contributed by atoms with Crippen molar-refractivity contribution in [2.24, 2.45) is 0 Å². The lowest BCUT2D eigenvalue weighted by atomic mass is 9.93. The van der Waals surface area contributed by atoms with E-state index in [0.29, 0.717) is 30.1 Å². The highest BCUT2D eigenvalue weighted by atomic mass is 16.5. The van der Waals surface area contributed by atoms with Crippen LogP contribution in [0.2, 0.25) is 0 Å². The van der Waals surface area contributed by atoms with E-state index < -0.39 is 6.03 Å². The van der Waals surface area contributed by atoms with Gasteiger partial charge in [0, 0.05) is 48.2 Å². The second kappa shape index (κ2) is 14.2. The van der Waals surface area contributed by atoms with E-state index in [9.17, 15) is 9.59 Å². The number of nitrogens with zero attached hydrogens (tertiary/aromatic N) is 3. The molecule has 232 valence electrons. The van der Waals surface area contributed by atoms with E-state index in [1.54, 1.807) is 23.2 Å². The van der Waals surface area contributed by atoms with E-state index in [1.807, 2.05) is 73.7 Å². The summed E-state index contributed by atoms with van der Waals surface area (Å²) < 4.78 is 7.77. The number of para-hydroxylation sites is 1. The van der Waals surface area contributed by atoms with Crippen LogP contribution in [0.25, 0.3) is 22.2 Å². The van der Waals surface area contributed by atoms with E-state index in [4.69, 9.17) is 4.74 Å². The Bertz CT molecular complexity index is 1820. The maximum Gasteiger partial charge on any atom is 0.323 e. The van der Waals surface area contributed by atoms with Crippen LogP contribution < -0.4 is 20.9 Å². The Kier molecular flexibility index (Phi) is 9.92. The number of nitrogens with one attached hydrogen (secondary N) is 2. The smallest absolute Gasteiger partial charge is 0.323 e. The lowest BCUT2D eigenvalue weighted by Gasteiger charge is -2.22. The molecule has 0 bridgehead atoms. The maximum atomic E-state index is 14.2. The maximum absolute atomic E-state index is 14.2. The van der Waals surface area contributed by atoms with Gasteiger partial charge in [-0.1, -0.05) is 65.0 Å². The third-order valence-electron chi connectivity index (χ3n) is 7.85. The first-order valence-electron chi connectivity index (χ1n) is 15.6.